The van der Waals surface area contributed by atoms with Crippen LogP contribution in [0.5, 0.6) is 5.75 Å². The van der Waals surface area contributed by atoms with E-state index in [2.05, 4.69) is 24.4 Å². The fourth-order valence-corrected chi connectivity index (χ4v) is 6.39. The Bertz CT molecular complexity index is 1870. The number of β-lactam (4-membered cyclic amide) rings is 1. The molecule has 2 aromatic heterocycles. The third kappa shape index (κ3) is 7.26. The lowest BCUT2D eigenvalue weighted by Crippen LogP contribution is -2.76. The van der Waals surface area contributed by atoms with Crippen molar-refractivity contribution in [1.82, 2.24) is 20.0 Å². The Balaban J connectivity index is 1.32. The quantitative estimate of drug-likeness (QED) is 0.0507. The van der Waals surface area contributed by atoms with Crippen LogP contribution in [0.1, 0.15) is 37.9 Å². The Hall–Kier alpha value is -4.63. The molecule has 2 aliphatic rings. The van der Waals surface area contributed by atoms with Crippen LogP contribution < -0.4 is 26.2 Å². The van der Waals surface area contributed by atoms with Crippen LogP contribution in [0, 0.1) is 0 Å². The first-order chi connectivity index (χ1) is 22.6. The van der Waals surface area contributed by atoms with Gasteiger partial charge in [0.15, 0.2) is 17.9 Å². The molecular weight excluding hydrogens is 672 g/mol. The first-order valence-corrected chi connectivity index (χ1v) is 16.9. The second kappa shape index (κ2) is 13.5. The number of carbonyl (C=O) groups excluding carboxylic acids is 2. The second-order valence-electron chi connectivity index (χ2n) is 11.7. The summed E-state index contributed by atoms with van der Waals surface area (Å²) >= 11 is 0.974. The number of hydrogen-bond donors (Lipinski definition) is 5. The monoisotopic (exact) mass is 707 g/mol. The molecule has 2 aliphatic heterocycles. The van der Waals surface area contributed by atoms with Crippen molar-refractivity contribution in [2.75, 3.05) is 12.3 Å². The van der Waals surface area contributed by atoms with E-state index in [0.29, 0.717) is 23.8 Å². The number of oxime groups is 1. The smallest absolute Gasteiger partial charge is 0.418 e. The summed E-state index contributed by atoms with van der Waals surface area (Å²) in [7, 11) is -3.07. The summed E-state index contributed by atoms with van der Waals surface area (Å²) in [4.78, 5) is 47.7. The summed E-state index contributed by atoms with van der Waals surface area (Å²) in [6.07, 6.45) is 2.98. The molecule has 1 saturated heterocycles. The van der Waals surface area contributed by atoms with Crippen molar-refractivity contribution in [2.45, 2.75) is 63.4 Å². The number of nitrogens with one attached hydrogen (secondary N) is 1. The molecule has 7 N–H and O–H groups in total. The lowest BCUT2D eigenvalue weighted by Gasteiger charge is -2.50. The van der Waals surface area contributed by atoms with Crippen molar-refractivity contribution in [1.29, 1.82) is 0 Å². The Morgan fingerprint density at radius 2 is 2.08 bits per heavy atom. The zero-order chi connectivity index (χ0) is 35.0. The molecular formula is C28H35N8O10S2+. The number of nitrogen functional groups attached to an aromatic ring is 1. The molecule has 3 atom stereocenters. The highest BCUT2D eigenvalue weighted by Crippen LogP contribution is 2.34. The summed E-state index contributed by atoms with van der Waals surface area (Å²) in [6.45, 7) is 4.11. The van der Waals surface area contributed by atoms with E-state index in [0.717, 1.165) is 41.0 Å². The van der Waals surface area contributed by atoms with Crippen LogP contribution in [-0.4, -0.2) is 86.6 Å². The minimum atomic E-state index is -5.02. The summed E-state index contributed by atoms with van der Waals surface area (Å²) in [5.74, 6) is -2.91. The molecule has 258 valence electrons. The molecule has 20 heteroatoms. The maximum absolute atomic E-state index is 13.4. The van der Waals surface area contributed by atoms with Crippen LogP contribution in [-0.2, 0) is 53.9 Å². The molecule has 48 heavy (non-hydrogen) atoms. The van der Waals surface area contributed by atoms with Crippen molar-refractivity contribution < 1.29 is 51.0 Å². The number of hydroxylamine groups is 2. The Labute approximate surface area is 278 Å². The zero-order valence-corrected chi connectivity index (χ0v) is 27.7. The SMILES string of the molecule is C[n+]1cc(-c2ccc3c(c2)CC[C@H](C(O/N=C(\C(=O)N[C@@H]2C(=O)N(OS(=O)(=O)O)C2(C)C)c2csc(N)n2)C(=O)O)O3)cn1CCCN. The van der Waals surface area contributed by atoms with E-state index in [9.17, 15) is 27.9 Å². The number of thiazole rings is 1. The van der Waals surface area contributed by atoms with Gasteiger partial charge in [0.1, 0.15) is 23.6 Å². The fourth-order valence-electron chi connectivity index (χ4n) is 5.39. The maximum Gasteiger partial charge on any atom is 0.418 e. The first kappa shape index (κ1) is 34.7. The Kier molecular flexibility index (Phi) is 9.74. The normalized spacial score (nSPS) is 19.6. The molecule has 1 unspecified atom stereocenters. The van der Waals surface area contributed by atoms with Gasteiger partial charge in [-0.25, -0.2) is 9.78 Å². The molecule has 18 nitrogen and oxygen atoms in total. The second-order valence-corrected chi connectivity index (χ2v) is 13.6. The van der Waals surface area contributed by atoms with Crippen molar-refractivity contribution in [3.05, 3.63) is 47.2 Å². The number of nitrogens with two attached hydrogens (primary N) is 2. The largest absolute Gasteiger partial charge is 0.485 e. The van der Waals surface area contributed by atoms with Crippen molar-refractivity contribution in [3.8, 4) is 16.9 Å². The van der Waals surface area contributed by atoms with Gasteiger partial charge < -0.3 is 31.5 Å². The lowest BCUT2D eigenvalue weighted by molar-refractivity contribution is -0.753. The lowest BCUT2D eigenvalue weighted by atomic mass is 9.84. The third-order valence-corrected chi connectivity index (χ3v) is 8.93. The third-order valence-electron chi connectivity index (χ3n) is 7.92. The average Bonchev–Trinajstić information content (AvgIpc) is 3.63. The standard InChI is InChI=1S/C28H34N8O10S2/c1-28(2)23(25(38)36(28)46-48(41,42)43)32-24(37)21(18-14-47-27(30)31-18)33-45-22(26(39)40)20-8-6-16-11-15(5-7-19(16)44-20)17-12-34(3)35(13-17)10-4-9-29/h5,7,11-14,20,22-23H,4,6,8-10,29H2,1-3H3,(H4-,30,31,32,37,39,40,41,42,43)/p+1/b33-21-/t20-,22?,23-/m1/s1. The minimum absolute atomic E-state index is 0.0672. The number of carboxylic acid groups (broad SMARTS) is 1. The summed E-state index contributed by atoms with van der Waals surface area (Å²) < 4.78 is 45.7. The number of carbonyl (C=O) groups is 3. The van der Waals surface area contributed by atoms with Gasteiger partial charge >= 0.3 is 16.4 Å². The molecule has 0 bridgehead atoms. The topological polar surface area (TPSA) is 255 Å². The summed E-state index contributed by atoms with van der Waals surface area (Å²) in [5.41, 5.74) is 12.2. The number of benzene rings is 1. The van der Waals surface area contributed by atoms with Crippen LogP contribution in [0.3, 0.4) is 0 Å². The Morgan fingerprint density at radius 3 is 2.71 bits per heavy atom. The first-order valence-electron chi connectivity index (χ1n) is 14.6. The molecule has 0 aliphatic carbocycles. The predicted octanol–water partition coefficient (Wildman–Crippen LogP) is -0.225. The molecule has 1 aromatic carbocycles. The summed E-state index contributed by atoms with van der Waals surface area (Å²) in [6, 6.07) is 4.31. The average molecular weight is 708 g/mol. The zero-order valence-electron chi connectivity index (χ0n) is 26.1. The van der Waals surface area contributed by atoms with Gasteiger partial charge in [0.05, 0.1) is 23.8 Å². The van der Waals surface area contributed by atoms with Crippen molar-refractivity contribution in [2.24, 2.45) is 17.9 Å². The van der Waals surface area contributed by atoms with Crippen molar-refractivity contribution >= 4 is 50.4 Å². The Morgan fingerprint density at radius 1 is 1.33 bits per heavy atom. The van der Waals surface area contributed by atoms with Gasteiger partial charge in [-0.1, -0.05) is 11.2 Å². The molecule has 5 rings (SSSR count). The number of rotatable bonds is 13. The highest BCUT2D eigenvalue weighted by Gasteiger charge is 2.58. The van der Waals surface area contributed by atoms with E-state index in [1.165, 1.54) is 19.2 Å². The van der Waals surface area contributed by atoms with Gasteiger partial charge in [-0.05, 0) is 62.9 Å². The van der Waals surface area contributed by atoms with E-state index < -0.39 is 57.7 Å². The van der Waals surface area contributed by atoms with E-state index in [-0.39, 0.29) is 17.2 Å². The van der Waals surface area contributed by atoms with E-state index in [4.69, 9.17) is 25.6 Å². The molecule has 0 saturated carbocycles. The van der Waals surface area contributed by atoms with Crippen molar-refractivity contribution in [3.63, 3.8) is 0 Å². The van der Waals surface area contributed by atoms with Crippen LogP contribution in [0.2, 0.25) is 0 Å². The number of carboxylic acids is 1. The molecule has 0 spiro atoms. The molecule has 3 aromatic rings. The highest BCUT2D eigenvalue weighted by molar-refractivity contribution is 7.80. The van der Waals surface area contributed by atoms with Gasteiger partial charge in [-0.2, -0.15) is 18.2 Å². The van der Waals surface area contributed by atoms with Crippen LogP contribution in [0.25, 0.3) is 11.1 Å². The van der Waals surface area contributed by atoms with Crippen LogP contribution in [0.4, 0.5) is 5.13 Å². The van der Waals surface area contributed by atoms with Gasteiger partial charge in [-0.3, -0.25) is 14.1 Å². The van der Waals surface area contributed by atoms with E-state index in [1.807, 2.05) is 36.3 Å². The van der Waals surface area contributed by atoms with E-state index >= 15 is 0 Å². The number of hydrogen-bond acceptors (Lipinski definition) is 13. The molecule has 1 fully saturated rings. The maximum atomic E-state index is 13.4. The molecule has 0 radical (unpaired) electrons. The number of fused-ring (bicyclic) bond motifs is 1. The van der Waals surface area contributed by atoms with Crippen LogP contribution >= 0.6 is 11.3 Å². The van der Waals surface area contributed by atoms with Gasteiger partial charge in [0, 0.05) is 5.38 Å². The van der Waals surface area contributed by atoms with Gasteiger partial charge in [0.2, 0.25) is 6.20 Å². The minimum Gasteiger partial charge on any atom is -0.485 e. The number of aliphatic carboxylic acids is 1. The highest BCUT2D eigenvalue weighted by atomic mass is 32.3. The number of aromatic nitrogens is 3. The van der Waals surface area contributed by atoms with E-state index in [1.54, 1.807) is 6.07 Å². The summed E-state index contributed by atoms with van der Waals surface area (Å²) in [5, 5.41) is 18.1. The van der Waals surface area contributed by atoms with Gasteiger partial charge in [-0.15, -0.1) is 20.3 Å². The predicted molar refractivity (Wildman–Crippen MR) is 169 cm³/mol. The number of ether oxygens (including phenoxy) is 1. The fraction of sp³-hybridized carbons (Fsp3) is 0.429. The number of nitrogens with zero attached hydrogens (tertiary/aromatic N) is 5. The number of anilines is 1. The molecule has 4 heterocycles. The molecule has 2 amide bonds. The van der Waals surface area contributed by atoms with Crippen LogP contribution in [0.15, 0.2) is 41.1 Å². The van der Waals surface area contributed by atoms with Gasteiger partial charge in [0.25, 0.3) is 17.9 Å². The number of amides is 2. The number of aryl methyl sites for hydroxylation is 3.